The van der Waals surface area contributed by atoms with Gasteiger partial charge in [-0.3, -0.25) is 0 Å². The summed E-state index contributed by atoms with van der Waals surface area (Å²) in [5.74, 6) is 0.617. The molecule has 0 heterocycles. The van der Waals surface area contributed by atoms with E-state index in [1.165, 1.54) is 39.8 Å². The molecule has 2 aromatic carbocycles. The topological polar surface area (TPSA) is 0 Å². The second-order valence-corrected chi connectivity index (χ2v) is 21.0. The van der Waals surface area contributed by atoms with Crippen LogP contribution in [-0.2, 0) is 6.42 Å². The van der Waals surface area contributed by atoms with Gasteiger partial charge in [0.2, 0.25) is 0 Å². The van der Waals surface area contributed by atoms with Crippen molar-refractivity contribution in [1.29, 1.82) is 0 Å². The molecule has 0 aliphatic heterocycles. The molecule has 155 valence electrons. The van der Waals surface area contributed by atoms with Crippen molar-refractivity contribution >= 4 is 32.6 Å². The maximum absolute atomic E-state index is 2.54. The molecular weight excluding hydrogens is 380 g/mol. The van der Waals surface area contributed by atoms with Crippen LogP contribution in [0.1, 0.15) is 43.9 Å². The molecule has 0 nitrogen and oxygen atoms in total. The van der Waals surface area contributed by atoms with Gasteiger partial charge in [0.15, 0.2) is 0 Å². The summed E-state index contributed by atoms with van der Waals surface area (Å²) in [6.07, 6.45) is 7.17. The van der Waals surface area contributed by atoms with Gasteiger partial charge in [-0.25, -0.2) is 0 Å². The SMILES string of the molecule is CCc1ccc2c(c1-c1cc([Si](C)(C)C)cc([Si](C)(C)C)c1)C=C(C(C)CC)[CH]2. The summed E-state index contributed by atoms with van der Waals surface area (Å²) in [6, 6.07) is 12.3. The van der Waals surface area contributed by atoms with E-state index in [2.05, 4.69) is 103 Å². The molecule has 0 spiro atoms. The van der Waals surface area contributed by atoms with Crippen molar-refractivity contribution < 1.29 is 0 Å². The van der Waals surface area contributed by atoms with E-state index >= 15 is 0 Å². The predicted octanol–water partition coefficient (Wildman–Crippen LogP) is 7.00. The summed E-state index contributed by atoms with van der Waals surface area (Å²) >= 11 is 0. The molecule has 2 heteroatoms. The lowest BCUT2D eigenvalue weighted by molar-refractivity contribution is 0.669. The predicted molar refractivity (Wildman–Crippen MR) is 138 cm³/mol. The van der Waals surface area contributed by atoms with E-state index in [9.17, 15) is 0 Å². The summed E-state index contributed by atoms with van der Waals surface area (Å²) in [6.45, 7) is 21.8. The Morgan fingerprint density at radius 1 is 0.828 bits per heavy atom. The number of aryl methyl sites for hydroxylation is 1. The van der Waals surface area contributed by atoms with E-state index in [0.29, 0.717) is 5.92 Å². The Balaban J connectivity index is 2.29. The molecule has 0 amide bonds. The van der Waals surface area contributed by atoms with E-state index in [-0.39, 0.29) is 0 Å². The average Bonchev–Trinajstić information content (AvgIpc) is 3.08. The molecular formula is C27H39Si2. The Hall–Kier alpha value is -1.39. The third-order valence-electron chi connectivity index (χ3n) is 6.51. The van der Waals surface area contributed by atoms with Crippen molar-refractivity contribution in [2.24, 2.45) is 5.92 Å². The minimum absolute atomic E-state index is 0.617. The van der Waals surface area contributed by atoms with Crippen molar-refractivity contribution in [1.82, 2.24) is 0 Å². The highest BCUT2D eigenvalue weighted by Crippen LogP contribution is 2.40. The van der Waals surface area contributed by atoms with Crippen LogP contribution in [-0.4, -0.2) is 16.1 Å². The number of fused-ring (bicyclic) bond motifs is 1. The van der Waals surface area contributed by atoms with Gasteiger partial charge < -0.3 is 0 Å². The molecule has 1 unspecified atom stereocenters. The average molecular weight is 420 g/mol. The highest BCUT2D eigenvalue weighted by Gasteiger charge is 2.26. The van der Waals surface area contributed by atoms with E-state index < -0.39 is 16.1 Å². The van der Waals surface area contributed by atoms with Crippen molar-refractivity contribution in [2.75, 3.05) is 0 Å². The van der Waals surface area contributed by atoms with Crippen LogP contribution in [0, 0.1) is 12.3 Å². The van der Waals surface area contributed by atoms with Gasteiger partial charge in [0.25, 0.3) is 0 Å². The zero-order valence-electron chi connectivity index (χ0n) is 20.0. The number of allylic oxidation sites excluding steroid dienone is 1. The molecule has 29 heavy (non-hydrogen) atoms. The quantitative estimate of drug-likeness (QED) is 0.442. The van der Waals surface area contributed by atoms with Crippen LogP contribution in [0.2, 0.25) is 39.3 Å². The van der Waals surface area contributed by atoms with Gasteiger partial charge in [0.1, 0.15) is 0 Å². The van der Waals surface area contributed by atoms with Crippen LogP contribution >= 0.6 is 0 Å². The second-order valence-electron chi connectivity index (χ2n) is 10.9. The van der Waals surface area contributed by atoms with Crippen LogP contribution in [0.5, 0.6) is 0 Å². The van der Waals surface area contributed by atoms with Crippen molar-refractivity contribution in [2.45, 2.75) is 72.9 Å². The molecule has 0 fully saturated rings. The lowest BCUT2D eigenvalue weighted by atomic mass is 9.91. The van der Waals surface area contributed by atoms with Gasteiger partial charge in [-0.2, -0.15) is 0 Å². The first kappa shape index (κ1) is 22.3. The normalized spacial score (nSPS) is 15.3. The molecule has 1 atom stereocenters. The molecule has 0 aromatic heterocycles. The molecule has 1 aliphatic rings. The number of rotatable bonds is 6. The van der Waals surface area contributed by atoms with E-state index in [0.717, 1.165) is 6.42 Å². The summed E-state index contributed by atoms with van der Waals surface area (Å²) in [7, 11) is -2.80. The third-order valence-corrected chi connectivity index (χ3v) is 10.6. The van der Waals surface area contributed by atoms with E-state index in [4.69, 9.17) is 0 Å². The maximum Gasteiger partial charge on any atom is 0.0776 e. The first-order valence-electron chi connectivity index (χ1n) is 11.3. The molecule has 0 bridgehead atoms. The highest BCUT2D eigenvalue weighted by atomic mass is 28.3. The lowest BCUT2D eigenvalue weighted by Crippen LogP contribution is -2.45. The second kappa shape index (κ2) is 8.04. The zero-order valence-corrected chi connectivity index (χ0v) is 22.0. The Bertz CT molecular complexity index is 904. The largest absolute Gasteiger partial charge is 0.0776 e. The van der Waals surface area contributed by atoms with Gasteiger partial charge >= 0.3 is 0 Å². The number of hydrogen-bond donors (Lipinski definition) is 0. The zero-order chi connectivity index (χ0) is 21.6. The molecule has 2 aromatic rings. The Kier molecular flexibility index (Phi) is 6.18. The minimum Gasteiger partial charge on any atom is -0.0656 e. The van der Waals surface area contributed by atoms with Gasteiger partial charge in [0, 0.05) is 6.42 Å². The molecule has 0 N–H and O–H groups in total. The Labute approximate surface area is 181 Å². The number of hydrogen-bond acceptors (Lipinski definition) is 0. The van der Waals surface area contributed by atoms with Crippen molar-refractivity contribution in [3.8, 4) is 11.1 Å². The van der Waals surface area contributed by atoms with Gasteiger partial charge in [-0.05, 0) is 46.6 Å². The molecule has 0 saturated carbocycles. The lowest BCUT2D eigenvalue weighted by Gasteiger charge is -2.25. The monoisotopic (exact) mass is 419 g/mol. The third kappa shape index (κ3) is 4.54. The summed E-state index contributed by atoms with van der Waals surface area (Å²) in [5, 5.41) is 3.19. The standard InChI is InChI=1S/C27H39Si2/c1-10-19(3)22-14-21-13-12-20(11-2)27(26(21)17-22)23-15-24(28(4,5)6)18-25(16-23)29(7,8)9/h12-19H,10-11H2,1-9H3. The van der Waals surface area contributed by atoms with E-state index in [1.807, 2.05) is 0 Å². The highest BCUT2D eigenvalue weighted by molar-refractivity contribution is 6.91. The van der Waals surface area contributed by atoms with Crippen LogP contribution < -0.4 is 10.4 Å². The summed E-state index contributed by atoms with van der Waals surface area (Å²) in [5.41, 5.74) is 8.76. The molecule has 1 aliphatic carbocycles. The fourth-order valence-corrected chi connectivity index (χ4v) is 6.64. The van der Waals surface area contributed by atoms with Crippen LogP contribution in [0.25, 0.3) is 17.2 Å². The Morgan fingerprint density at radius 3 is 1.90 bits per heavy atom. The fraction of sp³-hybridized carbons (Fsp3) is 0.444. The van der Waals surface area contributed by atoms with Crippen LogP contribution in [0.3, 0.4) is 0 Å². The van der Waals surface area contributed by atoms with Crippen LogP contribution in [0.15, 0.2) is 35.9 Å². The smallest absolute Gasteiger partial charge is 0.0656 e. The van der Waals surface area contributed by atoms with Crippen LogP contribution in [0.4, 0.5) is 0 Å². The first-order chi connectivity index (χ1) is 13.5. The number of benzene rings is 2. The summed E-state index contributed by atoms with van der Waals surface area (Å²) < 4.78 is 0. The molecule has 3 rings (SSSR count). The first-order valence-corrected chi connectivity index (χ1v) is 18.3. The molecule has 0 saturated heterocycles. The van der Waals surface area contributed by atoms with Crippen molar-refractivity contribution in [3.63, 3.8) is 0 Å². The van der Waals surface area contributed by atoms with Gasteiger partial charge in [-0.1, -0.05) is 112 Å². The van der Waals surface area contributed by atoms with E-state index in [1.54, 1.807) is 10.4 Å². The fourth-order valence-electron chi connectivity index (χ4n) is 4.14. The summed E-state index contributed by atoms with van der Waals surface area (Å²) in [4.78, 5) is 0. The Morgan fingerprint density at radius 2 is 1.41 bits per heavy atom. The minimum atomic E-state index is -1.40. The van der Waals surface area contributed by atoms with Gasteiger partial charge in [0.05, 0.1) is 16.1 Å². The van der Waals surface area contributed by atoms with Crippen molar-refractivity contribution in [3.05, 3.63) is 59.0 Å². The maximum atomic E-state index is 2.54. The molecule has 1 radical (unpaired) electrons. The van der Waals surface area contributed by atoms with Gasteiger partial charge in [-0.15, -0.1) is 0 Å².